The first-order valence-corrected chi connectivity index (χ1v) is 11.4. The molecular formula is C21H30F2N4OS. The number of rotatable bonds is 4. The molecular weight excluding hydrogens is 394 g/mol. The van der Waals surface area contributed by atoms with Gasteiger partial charge < -0.3 is 9.64 Å². The van der Waals surface area contributed by atoms with Crippen molar-refractivity contribution in [2.24, 2.45) is 5.10 Å². The van der Waals surface area contributed by atoms with E-state index in [-0.39, 0.29) is 18.2 Å². The predicted octanol–water partition coefficient (Wildman–Crippen LogP) is 4.20. The summed E-state index contributed by atoms with van der Waals surface area (Å²) in [4.78, 5) is 4.59. The van der Waals surface area contributed by atoms with Crippen LogP contribution in [0.4, 0.5) is 8.78 Å². The lowest BCUT2D eigenvalue weighted by molar-refractivity contribution is -0.0663. The molecule has 1 aromatic rings. The second-order valence-corrected chi connectivity index (χ2v) is 9.16. The van der Waals surface area contributed by atoms with Crippen LogP contribution in [0.15, 0.2) is 23.3 Å². The number of amidine groups is 1. The van der Waals surface area contributed by atoms with E-state index in [9.17, 15) is 8.78 Å². The van der Waals surface area contributed by atoms with E-state index in [1.54, 1.807) is 11.8 Å². The number of aryl methyl sites for hydroxylation is 1. The Hall–Kier alpha value is -1.54. The second-order valence-electron chi connectivity index (χ2n) is 8.09. The van der Waals surface area contributed by atoms with Gasteiger partial charge in [-0.15, -0.1) is 0 Å². The SMILES string of the molecule is CCOc1ccc(C2NN=C(N3CCC(N4CCC(F)(F)CC4)CC3)S2)cc1C. The number of halogens is 2. The molecule has 29 heavy (non-hydrogen) atoms. The summed E-state index contributed by atoms with van der Waals surface area (Å²) in [5, 5.41) is 5.72. The van der Waals surface area contributed by atoms with Crippen molar-refractivity contribution < 1.29 is 13.5 Å². The van der Waals surface area contributed by atoms with Crippen LogP contribution in [-0.4, -0.2) is 59.7 Å². The maximum atomic E-state index is 13.4. The molecule has 1 unspecified atom stereocenters. The van der Waals surface area contributed by atoms with E-state index in [2.05, 4.69) is 39.4 Å². The molecule has 0 spiro atoms. The van der Waals surface area contributed by atoms with Gasteiger partial charge in [-0.3, -0.25) is 10.3 Å². The minimum absolute atomic E-state index is 0.00285. The number of ether oxygens (including phenoxy) is 1. The fourth-order valence-electron chi connectivity index (χ4n) is 4.35. The molecule has 8 heteroatoms. The highest BCUT2D eigenvalue weighted by molar-refractivity contribution is 8.14. The fourth-order valence-corrected chi connectivity index (χ4v) is 5.39. The van der Waals surface area contributed by atoms with Crippen molar-refractivity contribution in [1.82, 2.24) is 15.2 Å². The highest BCUT2D eigenvalue weighted by atomic mass is 32.2. The van der Waals surface area contributed by atoms with E-state index >= 15 is 0 Å². The summed E-state index contributed by atoms with van der Waals surface area (Å²) in [5.74, 6) is -1.54. The maximum absolute atomic E-state index is 13.4. The number of hydrazone groups is 1. The fraction of sp³-hybridized carbons (Fsp3) is 0.667. The number of thioether (sulfide) groups is 1. The first-order valence-electron chi connectivity index (χ1n) is 10.6. The second kappa shape index (κ2) is 8.68. The zero-order valence-corrected chi connectivity index (χ0v) is 18.0. The van der Waals surface area contributed by atoms with Gasteiger partial charge in [0, 0.05) is 45.1 Å². The van der Waals surface area contributed by atoms with E-state index in [1.165, 1.54) is 5.56 Å². The lowest BCUT2D eigenvalue weighted by atomic mass is 9.99. The number of piperidine rings is 2. The molecule has 1 aromatic carbocycles. The van der Waals surface area contributed by atoms with Crippen LogP contribution in [0.2, 0.25) is 0 Å². The molecule has 0 bridgehead atoms. The van der Waals surface area contributed by atoms with Gasteiger partial charge in [0.2, 0.25) is 0 Å². The minimum atomic E-state index is -2.47. The normalized spacial score (nSPS) is 25.6. The summed E-state index contributed by atoms with van der Waals surface area (Å²) in [5.41, 5.74) is 5.58. The third-order valence-electron chi connectivity index (χ3n) is 6.08. The number of alkyl halides is 2. The minimum Gasteiger partial charge on any atom is -0.494 e. The van der Waals surface area contributed by atoms with Crippen LogP contribution in [-0.2, 0) is 0 Å². The topological polar surface area (TPSA) is 40.1 Å². The first-order chi connectivity index (χ1) is 13.9. The average Bonchev–Trinajstić information content (AvgIpc) is 3.20. The molecule has 0 aliphatic carbocycles. The van der Waals surface area contributed by atoms with Crippen LogP contribution in [0.1, 0.15) is 49.1 Å². The largest absolute Gasteiger partial charge is 0.494 e. The lowest BCUT2D eigenvalue weighted by Gasteiger charge is -2.41. The highest BCUT2D eigenvalue weighted by Gasteiger charge is 2.37. The van der Waals surface area contributed by atoms with Crippen molar-refractivity contribution in [3.8, 4) is 5.75 Å². The Bertz CT molecular complexity index is 742. The Morgan fingerprint density at radius 1 is 1.21 bits per heavy atom. The molecule has 2 fully saturated rings. The predicted molar refractivity (Wildman–Crippen MR) is 114 cm³/mol. The molecule has 2 saturated heterocycles. The van der Waals surface area contributed by atoms with E-state index in [0.717, 1.165) is 42.4 Å². The molecule has 0 saturated carbocycles. The van der Waals surface area contributed by atoms with Crippen LogP contribution < -0.4 is 10.2 Å². The first kappa shape index (κ1) is 20.7. The summed E-state index contributed by atoms with van der Waals surface area (Å²) in [6, 6.07) is 6.71. The van der Waals surface area contributed by atoms with Gasteiger partial charge in [0.1, 0.15) is 11.1 Å². The Kier molecular flexibility index (Phi) is 6.20. The van der Waals surface area contributed by atoms with E-state index in [0.29, 0.717) is 25.7 Å². The number of nitrogens with one attached hydrogen (secondary N) is 1. The molecule has 3 aliphatic heterocycles. The lowest BCUT2D eigenvalue weighted by Crippen LogP contribution is -2.50. The highest BCUT2D eigenvalue weighted by Crippen LogP contribution is 2.36. The van der Waals surface area contributed by atoms with Crippen molar-refractivity contribution in [2.45, 2.75) is 56.9 Å². The number of benzene rings is 1. The molecule has 0 aromatic heterocycles. The summed E-state index contributed by atoms with van der Waals surface area (Å²) in [7, 11) is 0. The molecule has 5 nitrogen and oxygen atoms in total. The molecule has 1 atom stereocenters. The van der Waals surface area contributed by atoms with Crippen LogP contribution in [0.3, 0.4) is 0 Å². The van der Waals surface area contributed by atoms with Crippen molar-refractivity contribution in [3.63, 3.8) is 0 Å². The molecule has 1 N–H and O–H groups in total. The van der Waals surface area contributed by atoms with Gasteiger partial charge in [0.25, 0.3) is 5.92 Å². The van der Waals surface area contributed by atoms with E-state index < -0.39 is 5.92 Å². The van der Waals surface area contributed by atoms with Gasteiger partial charge in [0.15, 0.2) is 5.17 Å². The quantitative estimate of drug-likeness (QED) is 0.785. The third-order valence-corrected chi connectivity index (χ3v) is 7.26. The number of hydrogen-bond donors (Lipinski definition) is 1. The molecule has 0 radical (unpaired) electrons. The number of likely N-dealkylation sites (tertiary alicyclic amines) is 2. The van der Waals surface area contributed by atoms with Crippen LogP contribution in [0.5, 0.6) is 5.75 Å². The van der Waals surface area contributed by atoms with Gasteiger partial charge in [-0.05, 0) is 49.9 Å². The van der Waals surface area contributed by atoms with E-state index in [4.69, 9.17) is 4.74 Å². The Balaban J connectivity index is 1.28. The Labute approximate surface area is 175 Å². The molecule has 3 heterocycles. The zero-order valence-electron chi connectivity index (χ0n) is 17.2. The standard InChI is InChI=1S/C21H30F2N4OS/c1-3-28-18-5-4-16(14-15(18)2)19-24-25-20(29-19)27-10-6-17(7-11-27)26-12-8-21(22,23)9-13-26/h4-5,14,17,19,24H,3,6-13H2,1-2H3. The molecule has 0 amide bonds. The molecule has 160 valence electrons. The van der Waals surface area contributed by atoms with Gasteiger partial charge in [-0.25, -0.2) is 8.78 Å². The van der Waals surface area contributed by atoms with Crippen molar-refractivity contribution in [3.05, 3.63) is 29.3 Å². The third kappa shape index (κ3) is 4.79. The van der Waals surface area contributed by atoms with Crippen LogP contribution in [0, 0.1) is 6.92 Å². The van der Waals surface area contributed by atoms with E-state index in [1.807, 2.05) is 13.0 Å². The monoisotopic (exact) mass is 424 g/mol. The summed E-state index contributed by atoms with van der Waals surface area (Å²) >= 11 is 1.75. The van der Waals surface area contributed by atoms with Crippen LogP contribution in [0.25, 0.3) is 0 Å². The average molecular weight is 425 g/mol. The Morgan fingerprint density at radius 2 is 1.93 bits per heavy atom. The number of nitrogens with zero attached hydrogens (tertiary/aromatic N) is 3. The van der Waals surface area contributed by atoms with Gasteiger partial charge in [-0.1, -0.05) is 17.8 Å². The van der Waals surface area contributed by atoms with Crippen molar-refractivity contribution >= 4 is 16.9 Å². The summed E-state index contributed by atoms with van der Waals surface area (Å²) < 4.78 is 32.4. The molecule has 4 rings (SSSR count). The number of hydrogen-bond acceptors (Lipinski definition) is 6. The van der Waals surface area contributed by atoms with Gasteiger partial charge in [-0.2, -0.15) is 5.10 Å². The maximum Gasteiger partial charge on any atom is 0.250 e. The van der Waals surface area contributed by atoms with Crippen molar-refractivity contribution in [2.75, 3.05) is 32.8 Å². The smallest absolute Gasteiger partial charge is 0.250 e. The van der Waals surface area contributed by atoms with Gasteiger partial charge >= 0.3 is 0 Å². The zero-order chi connectivity index (χ0) is 20.4. The van der Waals surface area contributed by atoms with Crippen molar-refractivity contribution in [1.29, 1.82) is 0 Å². The summed E-state index contributed by atoms with van der Waals surface area (Å²) in [6.45, 7) is 7.63. The summed E-state index contributed by atoms with van der Waals surface area (Å²) in [6.07, 6.45) is 2.03. The van der Waals surface area contributed by atoms with Gasteiger partial charge in [0.05, 0.1) is 6.61 Å². The Morgan fingerprint density at radius 3 is 2.59 bits per heavy atom. The van der Waals surface area contributed by atoms with Crippen LogP contribution >= 0.6 is 11.8 Å². The molecule has 3 aliphatic rings.